The molecule has 0 heterocycles. The quantitative estimate of drug-likeness (QED) is 0.728. The molecule has 0 bridgehead atoms. The van der Waals surface area contributed by atoms with Crippen molar-refractivity contribution in [2.75, 3.05) is 13.6 Å². The molecule has 0 aliphatic carbocycles. The van der Waals surface area contributed by atoms with Gasteiger partial charge in [0, 0.05) is 16.9 Å². The van der Waals surface area contributed by atoms with Crippen molar-refractivity contribution in [3.05, 3.63) is 34.6 Å². The molecule has 4 heteroatoms. The average Bonchev–Trinajstić information content (AvgIpc) is 2.20. The van der Waals surface area contributed by atoms with Crippen molar-refractivity contribution in [3.63, 3.8) is 0 Å². The fourth-order valence-corrected chi connectivity index (χ4v) is 1.71. The third-order valence-corrected chi connectivity index (χ3v) is 2.94. The molecular formula is C12H16Cl2FN. The Kier molecular flexibility index (Phi) is 5.53. The van der Waals surface area contributed by atoms with Crippen LogP contribution < -0.4 is 0 Å². The van der Waals surface area contributed by atoms with Gasteiger partial charge in [0.25, 0.3) is 0 Å². The zero-order chi connectivity index (χ0) is 12.1. The summed E-state index contributed by atoms with van der Waals surface area (Å²) < 4.78 is 13.0. The van der Waals surface area contributed by atoms with E-state index in [0.717, 1.165) is 18.5 Å². The highest BCUT2D eigenvalue weighted by atomic mass is 35.5. The molecule has 0 N–H and O–H groups in total. The monoisotopic (exact) mass is 263 g/mol. The van der Waals surface area contributed by atoms with Gasteiger partial charge in [0.05, 0.1) is 0 Å². The number of rotatable bonds is 5. The minimum atomic E-state index is -0.251. The molecule has 1 unspecified atom stereocenters. The summed E-state index contributed by atoms with van der Waals surface area (Å²) in [7, 11) is 1.97. The molecule has 0 radical (unpaired) electrons. The van der Waals surface area contributed by atoms with E-state index >= 15 is 0 Å². The molecule has 0 aliphatic heterocycles. The fourth-order valence-electron chi connectivity index (χ4n) is 1.43. The highest BCUT2D eigenvalue weighted by molar-refractivity contribution is 6.31. The smallest absolute Gasteiger partial charge is 0.123 e. The van der Waals surface area contributed by atoms with Gasteiger partial charge in [-0.3, -0.25) is 0 Å². The minimum absolute atomic E-state index is 0.158. The van der Waals surface area contributed by atoms with E-state index in [1.54, 1.807) is 6.07 Å². The summed E-state index contributed by atoms with van der Waals surface area (Å²) in [6, 6.07) is 4.43. The van der Waals surface area contributed by atoms with E-state index in [0.29, 0.717) is 11.6 Å². The standard InChI is InChI=1S/C12H16Cl2FN/c1-9(13)5-6-16(2)8-10-7-11(15)3-4-12(10)14/h3-4,7,9H,5-6,8H2,1-2H3. The van der Waals surface area contributed by atoms with Crippen molar-refractivity contribution in [1.29, 1.82) is 0 Å². The van der Waals surface area contributed by atoms with Crippen molar-refractivity contribution >= 4 is 23.2 Å². The minimum Gasteiger partial charge on any atom is -0.302 e. The van der Waals surface area contributed by atoms with Crippen molar-refractivity contribution in [3.8, 4) is 0 Å². The molecule has 16 heavy (non-hydrogen) atoms. The summed E-state index contributed by atoms with van der Waals surface area (Å²) in [5, 5.41) is 0.762. The van der Waals surface area contributed by atoms with E-state index in [2.05, 4.69) is 4.90 Å². The maximum absolute atomic E-state index is 13.0. The maximum atomic E-state index is 13.0. The predicted octanol–water partition coefficient (Wildman–Crippen LogP) is 3.93. The molecule has 90 valence electrons. The number of alkyl halides is 1. The van der Waals surface area contributed by atoms with Crippen LogP contribution in [-0.4, -0.2) is 23.9 Å². The number of nitrogens with zero attached hydrogens (tertiary/aromatic N) is 1. The molecule has 1 nitrogen and oxygen atoms in total. The molecule has 1 aromatic rings. The van der Waals surface area contributed by atoms with Crippen LogP contribution in [-0.2, 0) is 6.54 Å². The van der Waals surface area contributed by atoms with E-state index < -0.39 is 0 Å². The zero-order valence-corrected chi connectivity index (χ0v) is 11.0. The second-order valence-corrected chi connectivity index (χ2v) is 5.20. The fraction of sp³-hybridized carbons (Fsp3) is 0.500. The lowest BCUT2D eigenvalue weighted by molar-refractivity contribution is 0.321. The summed E-state index contributed by atoms with van der Waals surface area (Å²) >= 11 is 11.9. The van der Waals surface area contributed by atoms with Gasteiger partial charge in [-0.25, -0.2) is 4.39 Å². The SMILES string of the molecule is CC(Cl)CCN(C)Cc1cc(F)ccc1Cl. The van der Waals surface area contributed by atoms with Gasteiger partial charge in [-0.1, -0.05) is 11.6 Å². The Morgan fingerprint density at radius 2 is 2.12 bits per heavy atom. The number of hydrogen-bond donors (Lipinski definition) is 0. The van der Waals surface area contributed by atoms with Crippen LogP contribution in [0.1, 0.15) is 18.9 Å². The van der Waals surface area contributed by atoms with Crippen LogP contribution in [0.5, 0.6) is 0 Å². The van der Waals surface area contributed by atoms with Crippen molar-refractivity contribution in [1.82, 2.24) is 4.90 Å². The van der Waals surface area contributed by atoms with Crippen molar-refractivity contribution < 1.29 is 4.39 Å². The molecule has 0 saturated heterocycles. The van der Waals surface area contributed by atoms with Crippen molar-refractivity contribution in [2.24, 2.45) is 0 Å². The maximum Gasteiger partial charge on any atom is 0.123 e. The van der Waals surface area contributed by atoms with Crippen LogP contribution >= 0.6 is 23.2 Å². The molecule has 0 saturated carbocycles. The molecule has 0 aromatic heterocycles. The number of halogens is 3. The summed E-state index contributed by atoms with van der Waals surface area (Å²) in [4.78, 5) is 2.08. The molecule has 1 atom stereocenters. The Bertz CT molecular complexity index is 342. The van der Waals surface area contributed by atoms with Crippen molar-refractivity contribution in [2.45, 2.75) is 25.3 Å². The van der Waals surface area contributed by atoms with Crippen LogP contribution in [0, 0.1) is 5.82 Å². The second-order valence-electron chi connectivity index (χ2n) is 4.04. The first-order valence-electron chi connectivity index (χ1n) is 5.25. The van der Waals surface area contributed by atoms with Gasteiger partial charge < -0.3 is 4.90 Å². The second kappa shape index (κ2) is 6.43. The van der Waals surface area contributed by atoms with Gasteiger partial charge in [0.15, 0.2) is 0 Å². The lowest BCUT2D eigenvalue weighted by atomic mass is 10.2. The summed E-state index contributed by atoms with van der Waals surface area (Å²) in [5.74, 6) is -0.251. The summed E-state index contributed by atoms with van der Waals surface area (Å²) in [5.41, 5.74) is 0.811. The predicted molar refractivity (Wildman–Crippen MR) is 67.7 cm³/mol. The first-order chi connectivity index (χ1) is 7.49. The van der Waals surface area contributed by atoms with Crippen LogP contribution in [0.2, 0.25) is 5.02 Å². The highest BCUT2D eigenvalue weighted by Gasteiger charge is 2.07. The summed E-state index contributed by atoms with van der Waals surface area (Å²) in [6.07, 6.45) is 0.908. The number of hydrogen-bond acceptors (Lipinski definition) is 1. The molecule has 0 fully saturated rings. The largest absolute Gasteiger partial charge is 0.302 e. The molecular weight excluding hydrogens is 248 g/mol. The van der Waals surface area contributed by atoms with E-state index in [-0.39, 0.29) is 11.2 Å². The van der Waals surface area contributed by atoms with E-state index in [4.69, 9.17) is 23.2 Å². The van der Waals surface area contributed by atoms with Gasteiger partial charge in [0.2, 0.25) is 0 Å². The molecule has 1 aromatic carbocycles. The van der Waals surface area contributed by atoms with Gasteiger partial charge >= 0.3 is 0 Å². The summed E-state index contributed by atoms with van der Waals surface area (Å²) in [6.45, 7) is 3.47. The molecule has 0 aliphatic rings. The lowest BCUT2D eigenvalue weighted by Gasteiger charge is -2.18. The highest BCUT2D eigenvalue weighted by Crippen LogP contribution is 2.18. The molecule has 0 spiro atoms. The Hall–Kier alpha value is -0.310. The average molecular weight is 264 g/mol. The van der Waals surface area contributed by atoms with Crippen LogP contribution in [0.15, 0.2) is 18.2 Å². The molecule has 1 rings (SSSR count). The topological polar surface area (TPSA) is 3.24 Å². The Morgan fingerprint density at radius 3 is 2.75 bits per heavy atom. The van der Waals surface area contributed by atoms with Crippen LogP contribution in [0.3, 0.4) is 0 Å². The van der Waals surface area contributed by atoms with Gasteiger partial charge in [-0.05, 0) is 50.7 Å². The first kappa shape index (κ1) is 13.8. The number of benzene rings is 1. The third-order valence-electron chi connectivity index (χ3n) is 2.36. The van der Waals surface area contributed by atoms with Crippen LogP contribution in [0.4, 0.5) is 4.39 Å². The van der Waals surface area contributed by atoms with Gasteiger partial charge in [-0.15, -0.1) is 11.6 Å². The third kappa shape index (κ3) is 4.69. The van der Waals surface area contributed by atoms with E-state index in [9.17, 15) is 4.39 Å². The van der Waals surface area contributed by atoms with Gasteiger partial charge in [-0.2, -0.15) is 0 Å². The zero-order valence-electron chi connectivity index (χ0n) is 9.51. The first-order valence-corrected chi connectivity index (χ1v) is 6.07. The Balaban J connectivity index is 2.55. The Morgan fingerprint density at radius 1 is 1.44 bits per heavy atom. The molecule has 0 amide bonds. The normalized spacial score (nSPS) is 13.1. The Labute approximate surface area is 106 Å². The lowest BCUT2D eigenvalue weighted by Crippen LogP contribution is -2.21. The van der Waals surface area contributed by atoms with Crippen LogP contribution in [0.25, 0.3) is 0 Å². The van der Waals surface area contributed by atoms with Gasteiger partial charge in [0.1, 0.15) is 5.82 Å². The van der Waals surface area contributed by atoms with E-state index in [1.165, 1.54) is 12.1 Å². The van der Waals surface area contributed by atoms with E-state index in [1.807, 2.05) is 14.0 Å².